The highest BCUT2D eigenvalue weighted by Gasteiger charge is 2.21. The zero-order valence-corrected chi connectivity index (χ0v) is 15.4. The number of para-hydroxylation sites is 1. The Morgan fingerprint density at radius 1 is 1.14 bits per heavy atom. The number of fused-ring (bicyclic) bond motifs is 1. The Balaban J connectivity index is 1.85. The average Bonchev–Trinajstić information content (AvgIpc) is 2.65. The van der Waals surface area contributed by atoms with Gasteiger partial charge in [0.2, 0.25) is 0 Å². The normalized spacial score (nSPS) is 11.2. The third-order valence-electron chi connectivity index (χ3n) is 4.19. The molecule has 0 unspecified atom stereocenters. The fourth-order valence-corrected chi connectivity index (χ4v) is 2.80. The van der Waals surface area contributed by atoms with Crippen molar-refractivity contribution >= 4 is 16.8 Å². The van der Waals surface area contributed by atoms with Gasteiger partial charge in [-0.25, -0.2) is 4.98 Å². The maximum atomic E-state index is 12.9. The van der Waals surface area contributed by atoms with Crippen LogP contribution in [0.15, 0.2) is 53.3 Å². The SMILES string of the molecule is CC(C)N(Cc1nc2ccccc2c(=O)[nH]1)C(=O)c1ccc(OC(F)F)cc1. The topological polar surface area (TPSA) is 75.3 Å². The van der Waals surface area contributed by atoms with Crippen molar-refractivity contribution in [3.63, 3.8) is 0 Å². The number of nitrogens with zero attached hydrogens (tertiary/aromatic N) is 2. The lowest BCUT2D eigenvalue weighted by Crippen LogP contribution is -2.37. The highest BCUT2D eigenvalue weighted by atomic mass is 19.3. The number of aromatic amines is 1. The van der Waals surface area contributed by atoms with Crippen molar-refractivity contribution in [1.29, 1.82) is 0 Å². The predicted octanol–water partition coefficient (Wildman–Crippen LogP) is 3.58. The number of halogens is 2. The Labute approximate surface area is 159 Å². The zero-order chi connectivity index (χ0) is 20.3. The smallest absolute Gasteiger partial charge is 0.387 e. The van der Waals surface area contributed by atoms with Crippen LogP contribution in [0.2, 0.25) is 0 Å². The molecule has 146 valence electrons. The monoisotopic (exact) mass is 387 g/mol. The molecule has 3 aromatic rings. The molecule has 0 fully saturated rings. The minimum atomic E-state index is -2.93. The van der Waals surface area contributed by atoms with Crippen LogP contribution in [0.4, 0.5) is 8.78 Å². The van der Waals surface area contributed by atoms with E-state index in [9.17, 15) is 18.4 Å². The zero-order valence-electron chi connectivity index (χ0n) is 15.4. The molecule has 3 rings (SSSR count). The van der Waals surface area contributed by atoms with Gasteiger partial charge < -0.3 is 14.6 Å². The van der Waals surface area contributed by atoms with Crippen LogP contribution in [0, 0.1) is 0 Å². The molecular formula is C20H19F2N3O3. The van der Waals surface area contributed by atoms with E-state index in [1.165, 1.54) is 29.2 Å². The number of H-pyrrole nitrogens is 1. The maximum Gasteiger partial charge on any atom is 0.387 e. The number of benzene rings is 2. The van der Waals surface area contributed by atoms with Gasteiger partial charge in [0.25, 0.3) is 11.5 Å². The summed E-state index contributed by atoms with van der Waals surface area (Å²) in [6.07, 6.45) is 0. The van der Waals surface area contributed by atoms with E-state index in [2.05, 4.69) is 14.7 Å². The Morgan fingerprint density at radius 3 is 2.46 bits per heavy atom. The molecule has 1 amide bonds. The largest absolute Gasteiger partial charge is 0.435 e. The molecule has 28 heavy (non-hydrogen) atoms. The molecule has 0 saturated carbocycles. The number of hydrogen-bond donors (Lipinski definition) is 1. The van der Waals surface area contributed by atoms with E-state index in [0.29, 0.717) is 22.3 Å². The number of ether oxygens (including phenoxy) is 1. The number of hydrogen-bond acceptors (Lipinski definition) is 4. The van der Waals surface area contributed by atoms with Crippen molar-refractivity contribution in [2.24, 2.45) is 0 Å². The molecule has 0 bridgehead atoms. The first-order valence-corrected chi connectivity index (χ1v) is 8.69. The fraction of sp³-hybridized carbons (Fsp3) is 0.250. The van der Waals surface area contributed by atoms with Crippen LogP contribution >= 0.6 is 0 Å². The minimum Gasteiger partial charge on any atom is -0.435 e. The lowest BCUT2D eigenvalue weighted by atomic mass is 10.1. The van der Waals surface area contributed by atoms with Crippen molar-refractivity contribution in [2.45, 2.75) is 33.0 Å². The number of rotatable bonds is 6. The summed E-state index contributed by atoms with van der Waals surface area (Å²) in [7, 11) is 0. The molecule has 0 saturated heterocycles. The summed E-state index contributed by atoms with van der Waals surface area (Å²) in [4.78, 5) is 33.8. The standard InChI is InChI=1S/C20H19F2N3O3/c1-12(2)25(19(27)13-7-9-14(10-8-13)28-20(21)22)11-17-23-16-6-4-3-5-15(16)18(26)24-17/h3-10,12,20H,11H2,1-2H3,(H,23,24,26). The van der Waals surface area contributed by atoms with Gasteiger partial charge in [-0.3, -0.25) is 9.59 Å². The van der Waals surface area contributed by atoms with Crippen LogP contribution in [-0.4, -0.2) is 33.4 Å². The second kappa shape index (κ2) is 8.16. The van der Waals surface area contributed by atoms with Gasteiger partial charge in [0, 0.05) is 11.6 Å². The van der Waals surface area contributed by atoms with Crippen LogP contribution in [0.25, 0.3) is 10.9 Å². The highest BCUT2D eigenvalue weighted by molar-refractivity contribution is 5.94. The fourth-order valence-electron chi connectivity index (χ4n) is 2.80. The molecule has 0 aliphatic heterocycles. The maximum absolute atomic E-state index is 12.9. The Hall–Kier alpha value is -3.29. The molecule has 0 radical (unpaired) electrons. The molecule has 6 nitrogen and oxygen atoms in total. The highest BCUT2D eigenvalue weighted by Crippen LogP contribution is 2.18. The molecule has 2 aromatic carbocycles. The van der Waals surface area contributed by atoms with Crippen LogP contribution in [-0.2, 0) is 6.54 Å². The first-order valence-electron chi connectivity index (χ1n) is 8.69. The Kier molecular flexibility index (Phi) is 5.67. The molecule has 8 heteroatoms. The number of nitrogens with one attached hydrogen (secondary N) is 1. The van der Waals surface area contributed by atoms with E-state index in [1.807, 2.05) is 13.8 Å². The predicted molar refractivity (Wildman–Crippen MR) is 100 cm³/mol. The van der Waals surface area contributed by atoms with Gasteiger partial charge in [0.05, 0.1) is 17.4 Å². The van der Waals surface area contributed by atoms with Crippen LogP contribution in [0.5, 0.6) is 5.75 Å². The van der Waals surface area contributed by atoms with E-state index in [1.54, 1.807) is 24.3 Å². The van der Waals surface area contributed by atoms with E-state index >= 15 is 0 Å². The molecule has 1 heterocycles. The number of alkyl halides is 2. The van der Waals surface area contributed by atoms with E-state index < -0.39 is 6.61 Å². The summed E-state index contributed by atoms with van der Waals surface area (Å²) in [5.74, 6) is 0.0287. The van der Waals surface area contributed by atoms with Crippen molar-refractivity contribution in [3.05, 3.63) is 70.3 Å². The molecular weight excluding hydrogens is 368 g/mol. The summed E-state index contributed by atoms with van der Waals surface area (Å²) < 4.78 is 28.8. The summed E-state index contributed by atoms with van der Waals surface area (Å²) in [6, 6.07) is 12.2. The molecule has 0 atom stereocenters. The van der Waals surface area contributed by atoms with E-state index in [-0.39, 0.29) is 29.8 Å². The van der Waals surface area contributed by atoms with Gasteiger partial charge in [-0.2, -0.15) is 8.78 Å². The lowest BCUT2D eigenvalue weighted by molar-refractivity contribution is -0.0498. The molecule has 1 N–H and O–H groups in total. The molecule has 0 aliphatic rings. The average molecular weight is 387 g/mol. The van der Waals surface area contributed by atoms with Gasteiger partial charge in [0.1, 0.15) is 11.6 Å². The van der Waals surface area contributed by atoms with E-state index in [0.717, 1.165) is 0 Å². The summed E-state index contributed by atoms with van der Waals surface area (Å²) in [6.45, 7) is 0.854. The Bertz CT molecular complexity index is 1030. The molecule has 0 aliphatic carbocycles. The number of aromatic nitrogens is 2. The second-order valence-electron chi connectivity index (χ2n) is 6.46. The number of amides is 1. The van der Waals surface area contributed by atoms with Crippen LogP contribution in [0.1, 0.15) is 30.0 Å². The first kappa shape index (κ1) is 19.5. The van der Waals surface area contributed by atoms with Crippen molar-refractivity contribution in [1.82, 2.24) is 14.9 Å². The summed E-state index contributed by atoms with van der Waals surface area (Å²) >= 11 is 0. The van der Waals surface area contributed by atoms with Crippen molar-refractivity contribution in [3.8, 4) is 5.75 Å². The summed E-state index contributed by atoms with van der Waals surface area (Å²) in [5, 5.41) is 0.475. The third kappa shape index (κ3) is 4.33. The van der Waals surface area contributed by atoms with Gasteiger partial charge in [-0.1, -0.05) is 12.1 Å². The molecule has 0 spiro atoms. The van der Waals surface area contributed by atoms with Crippen LogP contribution < -0.4 is 10.3 Å². The van der Waals surface area contributed by atoms with Crippen molar-refractivity contribution in [2.75, 3.05) is 0 Å². The Morgan fingerprint density at radius 2 is 1.82 bits per heavy atom. The van der Waals surface area contributed by atoms with Crippen LogP contribution in [0.3, 0.4) is 0 Å². The van der Waals surface area contributed by atoms with Gasteiger partial charge in [-0.15, -0.1) is 0 Å². The van der Waals surface area contributed by atoms with Crippen molar-refractivity contribution < 1.29 is 18.3 Å². The quantitative estimate of drug-likeness (QED) is 0.702. The van der Waals surface area contributed by atoms with Gasteiger partial charge in [-0.05, 0) is 50.2 Å². The first-order chi connectivity index (χ1) is 13.3. The number of carbonyl (C=O) groups excluding carboxylic acids is 1. The molecule has 1 aromatic heterocycles. The van der Waals surface area contributed by atoms with Gasteiger partial charge >= 0.3 is 6.61 Å². The second-order valence-corrected chi connectivity index (χ2v) is 6.46. The minimum absolute atomic E-state index is 0.0248. The number of carbonyl (C=O) groups is 1. The van der Waals surface area contributed by atoms with Gasteiger partial charge in [0.15, 0.2) is 0 Å². The van der Waals surface area contributed by atoms with E-state index in [4.69, 9.17) is 0 Å². The summed E-state index contributed by atoms with van der Waals surface area (Å²) in [5.41, 5.74) is 0.592. The third-order valence-corrected chi connectivity index (χ3v) is 4.19. The lowest BCUT2D eigenvalue weighted by Gasteiger charge is -2.26.